The topological polar surface area (TPSA) is 80.5 Å². The minimum absolute atomic E-state index is 0.0526. The van der Waals surface area contributed by atoms with Crippen LogP contribution in [-0.2, 0) is 21.0 Å². The normalized spacial score (nSPS) is 23.2. The molecule has 0 aromatic heterocycles. The summed E-state index contributed by atoms with van der Waals surface area (Å²) in [4.78, 5) is 10.9. The highest BCUT2D eigenvalue weighted by Crippen LogP contribution is 2.35. The van der Waals surface area contributed by atoms with E-state index in [-0.39, 0.29) is 12.1 Å². The molecule has 1 aromatic carbocycles. The number of benzene rings is 1. The monoisotopic (exact) mass is 364 g/mol. The maximum absolute atomic E-state index is 13.0. The summed E-state index contributed by atoms with van der Waals surface area (Å²) in [5.41, 5.74) is 4.21. The van der Waals surface area contributed by atoms with Gasteiger partial charge in [0, 0.05) is 12.6 Å². The first-order valence-electron chi connectivity index (χ1n) is 7.43. The number of nitrogens with two attached hydrogens (primary N) is 1. The van der Waals surface area contributed by atoms with Crippen molar-refractivity contribution in [1.29, 1.82) is 0 Å². The van der Waals surface area contributed by atoms with Crippen LogP contribution in [0.2, 0.25) is 0 Å². The summed E-state index contributed by atoms with van der Waals surface area (Å²) in [7, 11) is -4.15. The highest BCUT2D eigenvalue weighted by molar-refractivity contribution is 7.89. The molecule has 1 amide bonds. The lowest BCUT2D eigenvalue weighted by molar-refractivity contribution is -0.138. The van der Waals surface area contributed by atoms with Gasteiger partial charge in [-0.2, -0.15) is 17.5 Å². The number of amides is 1. The molecular weight excluding hydrogens is 345 g/mol. The van der Waals surface area contributed by atoms with Crippen molar-refractivity contribution in [3.63, 3.8) is 0 Å². The molecule has 0 spiro atoms. The fourth-order valence-corrected chi connectivity index (χ4v) is 4.58. The van der Waals surface area contributed by atoms with Crippen LogP contribution in [0, 0.1) is 12.8 Å². The van der Waals surface area contributed by atoms with Crippen LogP contribution < -0.4 is 5.73 Å². The number of hydrogen-bond acceptors (Lipinski definition) is 3. The second kappa shape index (κ2) is 6.36. The van der Waals surface area contributed by atoms with Gasteiger partial charge >= 0.3 is 6.18 Å². The molecule has 134 valence electrons. The molecule has 0 radical (unpaired) electrons. The number of carbonyl (C=O) groups excluding carboxylic acids is 1. The average Bonchev–Trinajstić information content (AvgIpc) is 2.46. The van der Waals surface area contributed by atoms with Gasteiger partial charge in [0.25, 0.3) is 0 Å². The first-order chi connectivity index (χ1) is 10.9. The molecule has 2 atom stereocenters. The smallest absolute Gasteiger partial charge is 0.369 e. The van der Waals surface area contributed by atoms with E-state index in [4.69, 9.17) is 5.73 Å². The number of nitrogens with zero attached hydrogens (tertiary/aromatic N) is 1. The lowest BCUT2D eigenvalue weighted by atomic mass is 9.95. The summed E-state index contributed by atoms with van der Waals surface area (Å²) in [5, 5.41) is 0. The van der Waals surface area contributed by atoms with E-state index in [1.54, 1.807) is 6.92 Å². The molecule has 0 saturated carbocycles. The molecule has 0 bridgehead atoms. The molecule has 1 aliphatic heterocycles. The highest BCUT2D eigenvalue weighted by atomic mass is 32.2. The predicted molar refractivity (Wildman–Crippen MR) is 81.5 cm³/mol. The van der Waals surface area contributed by atoms with E-state index in [0.29, 0.717) is 18.9 Å². The van der Waals surface area contributed by atoms with Crippen LogP contribution in [-0.4, -0.2) is 31.2 Å². The Morgan fingerprint density at radius 3 is 2.46 bits per heavy atom. The molecular formula is C15H19F3N2O3S. The predicted octanol–water partition coefficient (Wildman–Crippen LogP) is 2.29. The number of halogens is 3. The first-order valence-corrected chi connectivity index (χ1v) is 8.87. The SMILES string of the molecule is Cc1ccc(S(=O)(=O)N2CC(C(N)=O)CCC2C)cc1C(F)(F)F. The van der Waals surface area contributed by atoms with Gasteiger partial charge in [-0.1, -0.05) is 6.07 Å². The van der Waals surface area contributed by atoms with Crippen LogP contribution in [0.5, 0.6) is 0 Å². The lowest BCUT2D eigenvalue weighted by Gasteiger charge is -2.35. The number of aryl methyl sites for hydroxylation is 1. The van der Waals surface area contributed by atoms with Crippen LogP contribution in [0.4, 0.5) is 13.2 Å². The quantitative estimate of drug-likeness (QED) is 0.894. The average molecular weight is 364 g/mol. The third-order valence-corrected chi connectivity index (χ3v) is 6.32. The zero-order chi connectivity index (χ0) is 18.3. The molecule has 1 saturated heterocycles. The van der Waals surface area contributed by atoms with Gasteiger partial charge in [0.1, 0.15) is 0 Å². The Balaban J connectivity index is 2.44. The Kier molecular flexibility index (Phi) is 4.96. The van der Waals surface area contributed by atoms with E-state index >= 15 is 0 Å². The van der Waals surface area contributed by atoms with Crippen molar-refractivity contribution in [2.45, 2.75) is 43.8 Å². The van der Waals surface area contributed by atoms with Gasteiger partial charge in [0.05, 0.1) is 16.4 Å². The zero-order valence-corrected chi connectivity index (χ0v) is 14.1. The summed E-state index contributed by atoms with van der Waals surface area (Å²) in [6.07, 6.45) is -3.76. The van der Waals surface area contributed by atoms with E-state index in [1.807, 2.05) is 0 Å². The molecule has 2 rings (SSSR count). The van der Waals surface area contributed by atoms with E-state index in [0.717, 1.165) is 16.4 Å². The number of rotatable bonds is 3. The van der Waals surface area contributed by atoms with E-state index in [1.165, 1.54) is 6.92 Å². The molecule has 9 heteroatoms. The summed E-state index contributed by atoms with van der Waals surface area (Å²) in [5.74, 6) is -1.24. The Bertz CT molecular complexity index is 747. The molecule has 2 unspecified atom stereocenters. The van der Waals surface area contributed by atoms with Crippen molar-refractivity contribution < 1.29 is 26.4 Å². The van der Waals surface area contributed by atoms with E-state index in [2.05, 4.69) is 0 Å². The minimum atomic E-state index is -4.64. The molecule has 0 aliphatic carbocycles. The van der Waals surface area contributed by atoms with Gasteiger partial charge < -0.3 is 5.73 Å². The Morgan fingerprint density at radius 1 is 1.29 bits per heavy atom. The third kappa shape index (κ3) is 3.56. The van der Waals surface area contributed by atoms with Gasteiger partial charge in [0.2, 0.25) is 15.9 Å². The van der Waals surface area contributed by atoms with Crippen LogP contribution in [0.1, 0.15) is 30.9 Å². The van der Waals surface area contributed by atoms with Crippen molar-refractivity contribution in [3.8, 4) is 0 Å². The Morgan fingerprint density at radius 2 is 1.92 bits per heavy atom. The van der Waals surface area contributed by atoms with E-state index in [9.17, 15) is 26.4 Å². The number of sulfonamides is 1. The summed E-state index contributed by atoms with van der Waals surface area (Å²) >= 11 is 0. The van der Waals surface area contributed by atoms with Crippen LogP contribution in [0.15, 0.2) is 23.1 Å². The van der Waals surface area contributed by atoms with Gasteiger partial charge in [-0.15, -0.1) is 0 Å². The van der Waals surface area contributed by atoms with Gasteiger partial charge in [-0.05, 0) is 44.4 Å². The van der Waals surface area contributed by atoms with Crippen LogP contribution in [0.25, 0.3) is 0 Å². The number of carbonyl (C=O) groups is 1. The van der Waals surface area contributed by atoms with Gasteiger partial charge in [-0.3, -0.25) is 4.79 Å². The fraction of sp³-hybridized carbons (Fsp3) is 0.533. The van der Waals surface area contributed by atoms with E-state index < -0.39 is 44.5 Å². The van der Waals surface area contributed by atoms with Crippen LogP contribution in [0.3, 0.4) is 0 Å². The second-order valence-electron chi connectivity index (χ2n) is 6.07. The molecule has 24 heavy (non-hydrogen) atoms. The Labute approximate surface area is 138 Å². The van der Waals surface area contributed by atoms with Crippen molar-refractivity contribution in [3.05, 3.63) is 29.3 Å². The summed E-state index contributed by atoms with van der Waals surface area (Å²) < 4.78 is 65.7. The number of hydrogen-bond donors (Lipinski definition) is 1. The summed E-state index contributed by atoms with van der Waals surface area (Å²) in [6.45, 7) is 2.81. The largest absolute Gasteiger partial charge is 0.416 e. The maximum Gasteiger partial charge on any atom is 0.416 e. The molecule has 2 N–H and O–H groups in total. The lowest BCUT2D eigenvalue weighted by Crippen LogP contribution is -2.48. The fourth-order valence-electron chi connectivity index (χ4n) is 2.84. The van der Waals surface area contributed by atoms with Crippen LogP contribution >= 0.6 is 0 Å². The standard InChI is InChI=1S/C15H19F3N2O3S/c1-9-3-6-12(7-13(9)15(16,17)18)24(22,23)20-8-11(14(19)21)5-4-10(20)2/h3,6-7,10-11H,4-5,8H2,1-2H3,(H2,19,21). The van der Waals surface area contributed by atoms with Gasteiger partial charge in [-0.25, -0.2) is 8.42 Å². The van der Waals surface area contributed by atoms with Crippen molar-refractivity contribution in [2.75, 3.05) is 6.54 Å². The minimum Gasteiger partial charge on any atom is -0.369 e. The van der Waals surface area contributed by atoms with Crippen molar-refractivity contribution in [1.82, 2.24) is 4.31 Å². The highest BCUT2D eigenvalue weighted by Gasteiger charge is 2.39. The molecule has 5 nitrogen and oxygen atoms in total. The van der Waals surface area contributed by atoms with Crippen molar-refractivity contribution in [2.24, 2.45) is 11.7 Å². The molecule has 1 fully saturated rings. The molecule has 1 aliphatic rings. The summed E-state index contributed by atoms with van der Waals surface area (Å²) in [6, 6.07) is 2.52. The molecule has 1 heterocycles. The first kappa shape index (κ1) is 18.7. The number of primary amides is 1. The maximum atomic E-state index is 13.0. The van der Waals surface area contributed by atoms with Crippen molar-refractivity contribution >= 4 is 15.9 Å². The third-order valence-electron chi connectivity index (χ3n) is 4.35. The number of piperidine rings is 1. The number of alkyl halides is 3. The second-order valence-corrected chi connectivity index (χ2v) is 7.97. The zero-order valence-electron chi connectivity index (χ0n) is 13.3. The Hall–Kier alpha value is -1.61. The van der Waals surface area contributed by atoms with Gasteiger partial charge in [0.15, 0.2) is 0 Å². The molecule has 1 aromatic rings.